The van der Waals surface area contributed by atoms with Crippen molar-refractivity contribution >= 4 is 26.5 Å². The molecule has 134 valence electrons. The van der Waals surface area contributed by atoms with Gasteiger partial charge in [-0.2, -0.15) is 4.31 Å². The molecule has 1 aliphatic heterocycles. The maximum atomic E-state index is 13.1. The molecule has 0 unspecified atom stereocenters. The fourth-order valence-corrected chi connectivity index (χ4v) is 4.92. The number of aromatic nitrogens is 1. The lowest BCUT2D eigenvalue weighted by Gasteiger charge is -2.26. The third-order valence-electron chi connectivity index (χ3n) is 4.84. The summed E-state index contributed by atoms with van der Waals surface area (Å²) >= 11 is 0. The summed E-state index contributed by atoms with van der Waals surface area (Å²) in [5.74, 6) is -0.445. The highest BCUT2D eigenvalue weighted by atomic mass is 32.2. The van der Waals surface area contributed by atoms with Crippen molar-refractivity contribution in [1.29, 1.82) is 0 Å². The number of hydrogen-bond acceptors (Lipinski definition) is 2. The summed E-state index contributed by atoms with van der Waals surface area (Å²) in [6.45, 7) is 2.76. The third kappa shape index (κ3) is 2.85. The largest absolute Gasteiger partial charge is 0.358 e. The Morgan fingerprint density at radius 3 is 2.50 bits per heavy atom. The molecule has 0 saturated carbocycles. The van der Waals surface area contributed by atoms with Crippen molar-refractivity contribution < 1.29 is 12.8 Å². The minimum atomic E-state index is -3.61. The number of nitrogens with one attached hydrogen (secondary N) is 1. The summed E-state index contributed by atoms with van der Waals surface area (Å²) in [6.07, 6.45) is 2.62. The van der Waals surface area contributed by atoms with Gasteiger partial charge in [-0.25, -0.2) is 12.8 Å². The van der Waals surface area contributed by atoms with Gasteiger partial charge in [0, 0.05) is 35.2 Å². The van der Waals surface area contributed by atoms with Gasteiger partial charge in [0.25, 0.3) is 0 Å². The van der Waals surface area contributed by atoms with Crippen molar-refractivity contribution in [2.45, 2.75) is 18.2 Å². The Morgan fingerprint density at radius 1 is 1.08 bits per heavy atom. The highest BCUT2D eigenvalue weighted by molar-refractivity contribution is 7.89. The van der Waals surface area contributed by atoms with Gasteiger partial charge in [0.2, 0.25) is 10.0 Å². The molecule has 0 radical (unpaired) electrons. The maximum absolute atomic E-state index is 13.1. The van der Waals surface area contributed by atoms with E-state index in [1.54, 1.807) is 0 Å². The first kappa shape index (κ1) is 17.0. The average Bonchev–Trinajstić information content (AvgIpc) is 2.98. The van der Waals surface area contributed by atoms with E-state index in [2.05, 4.69) is 11.1 Å². The number of halogens is 1. The maximum Gasteiger partial charge on any atom is 0.243 e. The van der Waals surface area contributed by atoms with Crippen LogP contribution in [0.4, 0.5) is 4.39 Å². The molecule has 1 N–H and O–H groups in total. The Balaban J connectivity index is 1.64. The van der Waals surface area contributed by atoms with Crippen LogP contribution in [0.1, 0.15) is 17.7 Å². The van der Waals surface area contributed by atoms with Crippen molar-refractivity contribution in [3.63, 3.8) is 0 Å². The molecule has 0 amide bonds. The van der Waals surface area contributed by atoms with Crippen LogP contribution in [-0.2, 0) is 10.0 Å². The van der Waals surface area contributed by atoms with Crippen LogP contribution in [0.3, 0.4) is 0 Å². The van der Waals surface area contributed by atoms with Gasteiger partial charge in [-0.05, 0) is 49.2 Å². The van der Waals surface area contributed by atoms with Crippen LogP contribution in [-0.4, -0.2) is 30.8 Å². The van der Waals surface area contributed by atoms with Crippen molar-refractivity contribution in [3.8, 4) is 0 Å². The number of aromatic amines is 1. The minimum absolute atomic E-state index is 0.124. The van der Waals surface area contributed by atoms with Gasteiger partial charge in [0.15, 0.2) is 0 Å². The lowest BCUT2D eigenvalue weighted by atomic mass is 9.97. The molecule has 2 heterocycles. The second kappa shape index (κ2) is 6.37. The van der Waals surface area contributed by atoms with Crippen LogP contribution in [0.15, 0.2) is 59.5 Å². The van der Waals surface area contributed by atoms with Crippen molar-refractivity contribution in [2.24, 2.45) is 0 Å². The van der Waals surface area contributed by atoms with E-state index in [1.165, 1.54) is 34.1 Å². The van der Waals surface area contributed by atoms with E-state index in [4.69, 9.17) is 0 Å². The van der Waals surface area contributed by atoms with Gasteiger partial charge >= 0.3 is 0 Å². The van der Waals surface area contributed by atoms with Gasteiger partial charge in [0.05, 0.1) is 4.90 Å². The Labute approximate surface area is 152 Å². The molecule has 4 rings (SSSR count). The van der Waals surface area contributed by atoms with E-state index in [-0.39, 0.29) is 4.90 Å². The summed E-state index contributed by atoms with van der Waals surface area (Å²) in [4.78, 5) is 3.51. The Bertz CT molecular complexity index is 1100. The van der Waals surface area contributed by atoms with Crippen molar-refractivity contribution in [1.82, 2.24) is 9.29 Å². The van der Waals surface area contributed by atoms with Crippen LogP contribution in [0, 0.1) is 12.7 Å². The van der Waals surface area contributed by atoms with Gasteiger partial charge in [-0.3, -0.25) is 0 Å². The molecule has 0 spiro atoms. The van der Waals surface area contributed by atoms with Crippen LogP contribution in [0.5, 0.6) is 0 Å². The number of fused-ring (bicyclic) bond motifs is 1. The third-order valence-corrected chi connectivity index (χ3v) is 6.72. The standard InChI is InChI=1S/C20H19FN2O2S/c1-14-20(18-4-2-3-5-19(18)22-14)15-10-12-23(13-11-15)26(24,25)17-8-6-16(21)7-9-17/h2-10,22H,11-13H2,1H3. The van der Waals surface area contributed by atoms with E-state index < -0.39 is 15.8 Å². The molecule has 0 saturated heterocycles. The number of rotatable bonds is 3. The number of aryl methyl sites for hydroxylation is 1. The quantitative estimate of drug-likeness (QED) is 0.755. The number of nitrogens with zero attached hydrogens (tertiary/aromatic N) is 1. The minimum Gasteiger partial charge on any atom is -0.358 e. The summed E-state index contributed by atoms with van der Waals surface area (Å²) in [5, 5.41) is 1.16. The van der Waals surface area contributed by atoms with E-state index in [1.807, 2.05) is 31.2 Å². The number of H-pyrrole nitrogens is 1. The molecule has 0 aliphatic carbocycles. The SMILES string of the molecule is Cc1[nH]c2ccccc2c1C1=CCN(S(=O)(=O)c2ccc(F)cc2)CC1. The summed E-state index contributed by atoms with van der Waals surface area (Å²) in [6, 6.07) is 13.1. The zero-order valence-corrected chi connectivity index (χ0v) is 15.2. The molecule has 6 heteroatoms. The molecular formula is C20H19FN2O2S. The van der Waals surface area contributed by atoms with Gasteiger partial charge in [-0.15, -0.1) is 0 Å². The molecule has 3 aromatic rings. The zero-order chi connectivity index (χ0) is 18.3. The summed E-state index contributed by atoms with van der Waals surface area (Å²) in [7, 11) is -3.61. The molecule has 1 aliphatic rings. The zero-order valence-electron chi connectivity index (χ0n) is 14.4. The lowest BCUT2D eigenvalue weighted by molar-refractivity contribution is 0.441. The monoisotopic (exact) mass is 370 g/mol. The highest BCUT2D eigenvalue weighted by Gasteiger charge is 2.27. The summed E-state index contributed by atoms with van der Waals surface area (Å²) in [5.41, 5.74) is 4.50. The molecule has 0 atom stereocenters. The Morgan fingerprint density at radius 2 is 1.81 bits per heavy atom. The smallest absolute Gasteiger partial charge is 0.243 e. The van der Waals surface area contributed by atoms with E-state index >= 15 is 0 Å². The second-order valence-electron chi connectivity index (χ2n) is 6.47. The number of benzene rings is 2. The molecule has 0 bridgehead atoms. The first-order valence-corrected chi connectivity index (χ1v) is 9.93. The fraction of sp³-hybridized carbons (Fsp3) is 0.200. The molecule has 26 heavy (non-hydrogen) atoms. The first-order valence-electron chi connectivity index (χ1n) is 8.49. The van der Waals surface area contributed by atoms with Crippen LogP contribution in [0.2, 0.25) is 0 Å². The fourth-order valence-electron chi connectivity index (χ4n) is 3.54. The molecule has 1 aromatic heterocycles. The number of hydrogen-bond donors (Lipinski definition) is 1. The normalized spacial score (nSPS) is 16.0. The van der Waals surface area contributed by atoms with Crippen LogP contribution in [0.25, 0.3) is 16.5 Å². The Kier molecular flexibility index (Phi) is 4.17. The highest BCUT2D eigenvalue weighted by Crippen LogP contribution is 2.33. The van der Waals surface area contributed by atoms with Crippen molar-refractivity contribution in [3.05, 3.63) is 71.7 Å². The van der Waals surface area contributed by atoms with E-state index in [0.29, 0.717) is 19.5 Å². The molecule has 2 aromatic carbocycles. The van der Waals surface area contributed by atoms with E-state index in [9.17, 15) is 12.8 Å². The predicted octanol–water partition coefficient (Wildman–Crippen LogP) is 4.09. The molecular weight excluding hydrogens is 351 g/mol. The van der Waals surface area contributed by atoms with E-state index in [0.717, 1.165) is 22.2 Å². The molecule has 4 nitrogen and oxygen atoms in total. The average molecular weight is 370 g/mol. The first-order chi connectivity index (χ1) is 12.5. The van der Waals surface area contributed by atoms with Gasteiger partial charge in [0.1, 0.15) is 5.82 Å². The lowest BCUT2D eigenvalue weighted by Crippen LogP contribution is -2.34. The van der Waals surface area contributed by atoms with Crippen molar-refractivity contribution in [2.75, 3.05) is 13.1 Å². The summed E-state index contributed by atoms with van der Waals surface area (Å²) < 4.78 is 40.0. The van der Waals surface area contributed by atoms with Gasteiger partial charge in [-0.1, -0.05) is 24.3 Å². The number of para-hydroxylation sites is 1. The van der Waals surface area contributed by atoms with Gasteiger partial charge < -0.3 is 4.98 Å². The van der Waals surface area contributed by atoms with Crippen LogP contribution >= 0.6 is 0 Å². The predicted molar refractivity (Wildman–Crippen MR) is 101 cm³/mol. The topological polar surface area (TPSA) is 53.2 Å². The number of sulfonamides is 1. The molecule has 0 fully saturated rings. The second-order valence-corrected chi connectivity index (χ2v) is 8.40. The Hall–Kier alpha value is -2.44. The van der Waals surface area contributed by atoms with Crippen LogP contribution < -0.4 is 0 Å².